The summed E-state index contributed by atoms with van der Waals surface area (Å²) in [5.74, 6) is 2.42. The van der Waals surface area contributed by atoms with Crippen molar-refractivity contribution in [3.63, 3.8) is 0 Å². The zero-order chi connectivity index (χ0) is 15.5. The van der Waals surface area contributed by atoms with Gasteiger partial charge in [-0.15, -0.1) is 0 Å². The van der Waals surface area contributed by atoms with Gasteiger partial charge >= 0.3 is 0 Å². The Bertz CT molecular complexity index is 418. The number of hydrogen-bond donors (Lipinski definition) is 1. The van der Waals surface area contributed by atoms with Crippen molar-refractivity contribution < 1.29 is 13.0 Å². The van der Waals surface area contributed by atoms with E-state index < -0.39 is 15.4 Å². The van der Waals surface area contributed by atoms with Gasteiger partial charge in [-0.3, -0.25) is 4.55 Å². The van der Waals surface area contributed by atoms with Crippen molar-refractivity contribution in [2.24, 2.45) is 23.7 Å². The molecule has 0 aromatic rings. The Hall–Kier alpha value is -0.0900. The molecule has 21 heavy (non-hydrogen) atoms. The highest BCUT2D eigenvalue weighted by Gasteiger charge is 2.39. The Labute approximate surface area is 130 Å². The van der Waals surface area contributed by atoms with Gasteiger partial charge < -0.3 is 0 Å². The first-order valence-electron chi connectivity index (χ1n) is 8.86. The van der Waals surface area contributed by atoms with Crippen LogP contribution in [0.4, 0.5) is 0 Å². The van der Waals surface area contributed by atoms with Crippen LogP contribution in [0.15, 0.2) is 0 Å². The van der Waals surface area contributed by atoms with Crippen LogP contribution in [-0.4, -0.2) is 18.2 Å². The topological polar surface area (TPSA) is 54.4 Å². The maximum atomic E-state index is 11.5. The Kier molecular flexibility index (Phi) is 6.13. The molecule has 124 valence electrons. The summed E-state index contributed by atoms with van der Waals surface area (Å²) >= 11 is 0. The van der Waals surface area contributed by atoms with Crippen molar-refractivity contribution in [1.29, 1.82) is 0 Å². The van der Waals surface area contributed by atoms with E-state index in [0.717, 1.165) is 31.1 Å². The molecule has 0 aromatic carbocycles. The van der Waals surface area contributed by atoms with Crippen molar-refractivity contribution in [2.45, 2.75) is 83.3 Å². The predicted octanol–water partition coefficient (Wildman–Crippen LogP) is 4.68. The Morgan fingerprint density at radius 1 is 1.00 bits per heavy atom. The molecule has 0 radical (unpaired) electrons. The van der Waals surface area contributed by atoms with E-state index in [2.05, 4.69) is 13.8 Å². The lowest BCUT2D eigenvalue weighted by molar-refractivity contribution is 0.384. The molecule has 2 fully saturated rings. The molecule has 3 nitrogen and oxygen atoms in total. The van der Waals surface area contributed by atoms with E-state index in [4.69, 9.17) is 0 Å². The van der Waals surface area contributed by atoms with E-state index in [0.29, 0.717) is 12.3 Å². The van der Waals surface area contributed by atoms with Gasteiger partial charge in [-0.25, -0.2) is 0 Å². The van der Waals surface area contributed by atoms with Crippen molar-refractivity contribution >= 4 is 10.1 Å². The first-order chi connectivity index (χ1) is 9.90. The molecule has 0 bridgehead atoms. The zero-order valence-electron chi connectivity index (χ0n) is 13.6. The third-order valence-electron chi connectivity index (χ3n) is 5.78. The lowest BCUT2D eigenvalue weighted by Crippen LogP contribution is -2.24. The minimum absolute atomic E-state index is 0.183. The molecule has 0 spiro atoms. The van der Waals surface area contributed by atoms with E-state index >= 15 is 0 Å². The lowest BCUT2D eigenvalue weighted by Gasteiger charge is -2.18. The van der Waals surface area contributed by atoms with Gasteiger partial charge in [-0.2, -0.15) is 8.42 Å². The summed E-state index contributed by atoms with van der Waals surface area (Å²) in [4.78, 5) is 0. The van der Waals surface area contributed by atoms with Crippen molar-refractivity contribution in [2.75, 3.05) is 0 Å². The molecule has 0 amide bonds. The summed E-state index contributed by atoms with van der Waals surface area (Å²) in [6.07, 6.45) is 11.8. The van der Waals surface area contributed by atoms with E-state index in [-0.39, 0.29) is 5.92 Å². The molecule has 2 saturated carbocycles. The predicted molar refractivity (Wildman–Crippen MR) is 86.8 cm³/mol. The molecule has 0 aliphatic heterocycles. The fourth-order valence-corrected chi connectivity index (χ4v) is 6.11. The third-order valence-corrected chi connectivity index (χ3v) is 7.12. The maximum absolute atomic E-state index is 11.5. The standard InChI is InChI=1S/C17H32O3S/c1-3-5-14-8-9-15(12-14)6-4-7-16-10-13(2)11-17(16)21(18,19)20/h13-17H,3-12H2,1-2H3,(H,18,19,20). The van der Waals surface area contributed by atoms with Crippen LogP contribution >= 0.6 is 0 Å². The van der Waals surface area contributed by atoms with Crippen LogP contribution in [0.25, 0.3) is 0 Å². The van der Waals surface area contributed by atoms with Crippen LogP contribution in [-0.2, 0) is 10.1 Å². The summed E-state index contributed by atoms with van der Waals surface area (Å²) in [6, 6.07) is 0. The maximum Gasteiger partial charge on any atom is 0.268 e. The van der Waals surface area contributed by atoms with Crippen molar-refractivity contribution in [1.82, 2.24) is 0 Å². The SMILES string of the molecule is CCCC1CCC(CCCC2CC(C)CC2S(=O)(=O)O)C1. The first-order valence-corrected chi connectivity index (χ1v) is 10.4. The molecule has 5 unspecified atom stereocenters. The summed E-state index contributed by atoms with van der Waals surface area (Å²) in [5.41, 5.74) is 0. The van der Waals surface area contributed by atoms with Gasteiger partial charge in [0, 0.05) is 0 Å². The van der Waals surface area contributed by atoms with E-state index in [9.17, 15) is 13.0 Å². The lowest BCUT2D eigenvalue weighted by atomic mass is 9.93. The highest BCUT2D eigenvalue weighted by Crippen LogP contribution is 2.40. The highest BCUT2D eigenvalue weighted by atomic mass is 32.2. The molecule has 5 atom stereocenters. The minimum Gasteiger partial charge on any atom is -0.285 e. The monoisotopic (exact) mass is 316 g/mol. The largest absolute Gasteiger partial charge is 0.285 e. The van der Waals surface area contributed by atoms with Gasteiger partial charge in [0.25, 0.3) is 10.1 Å². The molecule has 0 heterocycles. The van der Waals surface area contributed by atoms with Crippen LogP contribution in [0, 0.1) is 23.7 Å². The molecular formula is C17H32O3S. The fourth-order valence-electron chi connectivity index (χ4n) is 4.80. The summed E-state index contributed by atoms with van der Waals surface area (Å²) in [5, 5.41) is -0.496. The zero-order valence-corrected chi connectivity index (χ0v) is 14.4. The summed E-state index contributed by atoms with van der Waals surface area (Å²) in [6.45, 7) is 4.37. The van der Waals surface area contributed by atoms with Gasteiger partial charge in [0.2, 0.25) is 0 Å². The van der Waals surface area contributed by atoms with E-state index in [1.807, 2.05) is 0 Å². The Balaban J connectivity index is 1.73. The first kappa shape index (κ1) is 17.3. The van der Waals surface area contributed by atoms with Crippen LogP contribution in [0.3, 0.4) is 0 Å². The van der Waals surface area contributed by atoms with Crippen molar-refractivity contribution in [3.8, 4) is 0 Å². The second-order valence-electron chi connectivity index (χ2n) is 7.65. The molecule has 2 aliphatic rings. The summed E-state index contributed by atoms with van der Waals surface area (Å²) < 4.78 is 32.3. The average Bonchev–Trinajstić information content (AvgIpc) is 2.96. The van der Waals surface area contributed by atoms with Crippen LogP contribution in [0.1, 0.15) is 78.1 Å². The van der Waals surface area contributed by atoms with Gasteiger partial charge in [-0.1, -0.05) is 52.4 Å². The third kappa shape index (κ3) is 4.95. The molecule has 4 heteroatoms. The highest BCUT2D eigenvalue weighted by molar-refractivity contribution is 7.86. The van der Waals surface area contributed by atoms with Gasteiger partial charge in [0.1, 0.15) is 0 Å². The number of rotatable bonds is 7. The number of hydrogen-bond acceptors (Lipinski definition) is 2. The minimum atomic E-state index is -3.85. The van der Waals surface area contributed by atoms with Crippen molar-refractivity contribution in [3.05, 3.63) is 0 Å². The van der Waals surface area contributed by atoms with Crippen LogP contribution in [0.2, 0.25) is 0 Å². The van der Waals surface area contributed by atoms with Crippen LogP contribution in [0.5, 0.6) is 0 Å². The molecular weight excluding hydrogens is 284 g/mol. The quantitative estimate of drug-likeness (QED) is 0.694. The Morgan fingerprint density at radius 2 is 1.67 bits per heavy atom. The summed E-state index contributed by atoms with van der Waals surface area (Å²) in [7, 11) is -3.85. The molecule has 0 aromatic heterocycles. The molecule has 0 saturated heterocycles. The fraction of sp³-hybridized carbons (Fsp3) is 1.00. The molecule has 2 aliphatic carbocycles. The van der Waals surface area contributed by atoms with E-state index in [1.165, 1.54) is 38.5 Å². The second-order valence-corrected chi connectivity index (χ2v) is 9.29. The molecule has 1 N–H and O–H groups in total. The Morgan fingerprint density at radius 3 is 2.29 bits per heavy atom. The van der Waals surface area contributed by atoms with Gasteiger partial charge in [0.15, 0.2) is 0 Å². The average molecular weight is 317 g/mol. The van der Waals surface area contributed by atoms with Gasteiger partial charge in [-0.05, 0) is 49.4 Å². The van der Waals surface area contributed by atoms with E-state index in [1.54, 1.807) is 0 Å². The molecule has 2 rings (SSSR count). The second kappa shape index (κ2) is 7.45. The normalized spacial score (nSPS) is 37.2. The van der Waals surface area contributed by atoms with Gasteiger partial charge in [0.05, 0.1) is 5.25 Å². The smallest absolute Gasteiger partial charge is 0.268 e. The van der Waals surface area contributed by atoms with Crippen LogP contribution < -0.4 is 0 Å².